The van der Waals surface area contributed by atoms with Gasteiger partial charge in [0, 0.05) is 19.1 Å². The summed E-state index contributed by atoms with van der Waals surface area (Å²) >= 11 is 0. The van der Waals surface area contributed by atoms with Gasteiger partial charge < -0.3 is 14.6 Å². The summed E-state index contributed by atoms with van der Waals surface area (Å²) < 4.78 is 2.15. The molecule has 7 nitrogen and oxygen atoms in total. The average Bonchev–Trinajstić information content (AvgIpc) is 3.36. The fourth-order valence-corrected chi connectivity index (χ4v) is 4.12. The van der Waals surface area contributed by atoms with Crippen LogP contribution in [0, 0.1) is 13.8 Å². The van der Waals surface area contributed by atoms with Crippen molar-refractivity contribution < 1.29 is 9.90 Å². The third-order valence-electron chi connectivity index (χ3n) is 5.80. The van der Waals surface area contributed by atoms with E-state index in [-0.39, 0.29) is 30.6 Å². The molecule has 2 saturated heterocycles. The van der Waals surface area contributed by atoms with Gasteiger partial charge in [0.05, 0.1) is 30.0 Å². The van der Waals surface area contributed by atoms with Crippen LogP contribution in [0.25, 0.3) is 11.0 Å². The lowest BCUT2D eigenvalue weighted by molar-refractivity contribution is -0.134. The number of nitrogens with zero attached hydrogens (tertiary/aromatic N) is 3. The third-order valence-corrected chi connectivity index (χ3v) is 5.80. The number of rotatable bonds is 4. The molecule has 2 unspecified atom stereocenters. The summed E-state index contributed by atoms with van der Waals surface area (Å²) in [6.45, 7) is 5.78. The second kappa shape index (κ2) is 6.98. The molecule has 3 atom stereocenters. The van der Waals surface area contributed by atoms with Crippen molar-refractivity contribution in [2.45, 2.75) is 57.8 Å². The Bertz CT molecular complexity index is 818. The molecule has 2 aliphatic rings. The molecule has 0 spiro atoms. The molecule has 2 aliphatic heterocycles. The summed E-state index contributed by atoms with van der Waals surface area (Å²) in [5.74, 6) is 0.0958. The van der Waals surface area contributed by atoms with E-state index in [1.54, 1.807) is 0 Å². The average molecular weight is 357 g/mol. The maximum Gasteiger partial charge on any atom is 0.241 e. The van der Waals surface area contributed by atoms with Gasteiger partial charge >= 0.3 is 0 Å². The van der Waals surface area contributed by atoms with E-state index in [1.807, 2.05) is 11.2 Å². The molecule has 140 valence electrons. The number of benzene rings is 1. The van der Waals surface area contributed by atoms with Crippen molar-refractivity contribution in [2.24, 2.45) is 0 Å². The van der Waals surface area contributed by atoms with Gasteiger partial charge in [-0.3, -0.25) is 10.2 Å². The number of hydrazine groups is 1. The molecule has 0 bridgehead atoms. The number of hydrogen-bond donors (Lipinski definition) is 3. The SMILES string of the molecule is Cc1cc2ncn(CC3CC(C(=O)N4CCC[C@H]4CO)NN3)c2cc1C. The van der Waals surface area contributed by atoms with E-state index >= 15 is 0 Å². The summed E-state index contributed by atoms with van der Waals surface area (Å²) in [6.07, 6.45) is 4.48. The molecule has 1 amide bonds. The zero-order valence-corrected chi connectivity index (χ0v) is 15.4. The molecule has 0 radical (unpaired) electrons. The van der Waals surface area contributed by atoms with E-state index in [0.29, 0.717) is 0 Å². The molecule has 0 aliphatic carbocycles. The van der Waals surface area contributed by atoms with E-state index in [2.05, 4.69) is 46.4 Å². The Hall–Kier alpha value is -1.96. The molecule has 2 fully saturated rings. The summed E-state index contributed by atoms with van der Waals surface area (Å²) in [5.41, 5.74) is 11.1. The van der Waals surface area contributed by atoms with Gasteiger partial charge in [0.25, 0.3) is 0 Å². The number of hydrogen-bond acceptors (Lipinski definition) is 5. The van der Waals surface area contributed by atoms with Crippen LogP contribution in [0.15, 0.2) is 18.5 Å². The van der Waals surface area contributed by atoms with Crippen LogP contribution in [0.3, 0.4) is 0 Å². The number of aryl methyl sites for hydroxylation is 2. The van der Waals surface area contributed by atoms with Crippen molar-refractivity contribution in [3.63, 3.8) is 0 Å². The van der Waals surface area contributed by atoms with Gasteiger partial charge in [0.15, 0.2) is 0 Å². The van der Waals surface area contributed by atoms with Crippen molar-refractivity contribution in [3.05, 3.63) is 29.6 Å². The summed E-state index contributed by atoms with van der Waals surface area (Å²) in [5, 5.41) is 9.45. The standard InChI is InChI=1S/C19H27N5O2/c1-12-6-16-18(7-13(12)2)23(11-20-16)9-14-8-17(22-21-14)19(26)24-5-3-4-15(24)10-25/h6-7,11,14-15,17,21-22,25H,3-5,8-10H2,1-2H3/t14?,15-,17?/m0/s1. The Labute approximate surface area is 153 Å². The zero-order chi connectivity index (χ0) is 18.3. The maximum atomic E-state index is 12.8. The molecule has 4 rings (SSSR count). The molecule has 3 N–H and O–H groups in total. The van der Waals surface area contributed by atoms with E-state index in [9.17, 15) is 9.90 Å². The summed E-state index contributed by atoms with van der Waals surface area (Å²) in [4.78, 5) is 19.1. The van der Waals surface area contributed by atoms with Crippen LogP contribution in [0.5, 0.6) is 0 Å². The van der Waals surface area contributed by atoms with Crippen LogP contribution in [-0.4, -0.2) is 56.7 Å². The van der Waals surface area contributed by atoms with Gasteiger partial charge in [0.2, 0.25) is 5.91 Å². The Balaban J connectivity index is 1.43. The van der Waals surface area contributed by atoms with Crippen LogP contribution < -0.4 is 10.9 Å². The van der Waals surface area contributed by atoms with Gasteiger partial charge in [-0.1, -0.05) is 0 Å². The van der Waals surface area contributed by atoms with E-state index in [0.717, 1.165) is 43.4 Å². The van der Waals surface area contributed by atoms with Gasteiger partial charge in [-0.05, 0) is 56.4 Å². The van der Waals surface area contributed by atoms with Gasteiger partial charge in [-0.25, -0.2) is 10.4 Å². The van der Waals surface area contributed by atoms with Crippen LogP contribution in [0.4, 0.5) is 0 Å². The largest absolute Gasteiger partial charge is 0.394 e. The maximum absolute atomic E-state index is 12.8. The van der Waals surface area contributed by atoms with Gasteiger partial charge in [0.1, 0.15) is 6.04 Å². The highest BCUT2D eigenvalue weighted by Crippen LogP contribution is 2.22. The Morgan fingerprint density at radius 1 is 1.31 bits per heavy atom. The van der Waals surface area contributed by atoms with Crippen LogP contribution >= 0.6 is 0 Å². The molecular formula is C19H27N5O2. The first-order chi connectivity index (χ1) is 12.6. The van der Waals surface area contributed by atoms with E-state index < -0.39 is 0 Å². The van der Waals surface area contributed by atoms with Gasteiger partial charge in [-0.15, -0.1) is 0 Å². The minimum Gasteiger partial charge on any atom is -0.394 e. The number of likely N-dealkylation sites (tertiary alicyclic amines) is 1. The highest BCUT2D eigenvalue weighted by atomic mass is 16.3. The number of aliphatic hydroxyl groups excluding tert-OH is 1. The molecule has 3 heterocycles. The summed E-state index contributed by atoms with van der Waals surface area (Å²) in [6, 6.07) is 4.21. The van der Waals surface area contributed by atoms with Crippen molar-refractivity contribution in [1.82, 2.24) is 25.3 Å². The quantitative estimate of drug-likeness (QED) is 0.756. The topological polar surface area (TPSA) is 82.4 Å². The highest BCUT2D eigenvalue weighted by Gasteiger charge is 2.36. The predicted molar refractivity (Wildman–Crippen MR) is 99.5 cm³/mol. The number of nitrogens with one attached hydrogen (secondary N) is 2. The number of carbonyl (C=O) groups is 1. The zero-order valence-electron chi connectivity index (χ0n) is 15.4. The van der Waals surface area contributed by atoms with Crippen molar-refractivity contribution in [1.29, 1.82) is 0 Å². The molecular weight excluding hydrogens is 330 g/mol. The first-order valence-electron chi connectivity index (χ1n) is 9.41. The molecule has 2 aromatic rings. The van der Waals surface area contributed by atoms with Crippen molar-refractivity contribution in [3.8, 4) is 0 Å². The lowest BCUT2D eigenvalue weighted by Crippen LogP contribution is -2.48. The number of fused-ring (bicyclic) bond motifs is 1. The van der Waals surface area contributed by atoms with E-state index in [4.69, 9.17) is 0 Å². The fraction of sp³-hybridized carbons (Fsp3) is 0.579. The Morgan fingerprint density at radius 2 is 2.12 bits per heavy atom. The van der Waals surface area contributed by atoms with Crippen LogP contribution in [0.2, 0.25) is 0 Å². The normalized spacial score (nSPS) is 26.1. The predicted octanol–water partition coefficient (Wildman–Crippen LogP) is 0.872. The van der Waals surface area contributed by atoms with Crippen LogP contribution in [0.1, 0.15) is 30.4 Å². The minimum absolute atomic E-state index is 0.0212. The summed E-state index contributed by atoms with van der Waals surface area (Å²) in [7, 11) is 0. The molecule has 7 heteroatoms. The first kappa shape index (κ1) is 17.5. The first-order valence-corrected chi connectivity index (χ1v) is 9.41. The monoisotopic (exact) mass is 357 g/mol. The van der Waals surface area contributed by atoms with Crippen LogP contribution in [-0.2, 0) is 11.3 Å². The van der Waals surface area contributed by atoms with Gasteiger partial charge in [-0.2, -0.15) is 0 Å². The number of carbonyl (C=O) groups excluding carboxylic acids is 1. The highest BCUT2D eigenvalue weighted by molar-refractivity contribution is 5.83. The second-order valence-corrected chi connectivity index (χ2v) is 7.61. The molecule has 26 heavy (non-hydrogen) atoms. The lowest BCUT2D eigenvalue weighted by atomic mass is 10.1. The molecule has 0 saturated carbocycles. The number of aromatic nitrogens is 2. The Kier molecular flexibility index (Phi) is 4.69. The van der Waals surface area contributed by atoms with Crippen molar-refractivity contribution >= 4 is 16.9 Å². The number of amides is 1. The lowest BCUT2D eigenvalue weighted by Gasteiger charge is -2.25. The Morgan fingerprint density at radius 3 is 2.92 bits per heavy atom. The second-order valence-electron chi connectivity index (χ2n) is 7.61. The smallest absolute Gasteiger partial charge is 0.241 e. The van der Waals surface area contributed by atoms with Crippen molar-refractivity contribution in [2.75, 3.05) is 13.2 Å². The number of imidazole rings is 1. The number of aliphatic hydroxyl groups is 1. The van der Waals surface area contributed by atoms with E-state index in [1.165, 1.54) is 11.1 Å². The molecule has 1 aromatic carbocycles. The fourth-order valence-electron chi connectivity index (χ4n) is 4.12. The third kappa shape index (κ3) is 3.11. The minimum atomic E-state index is -0.231. The molecule has 1 aromatic heterocycles.